The Morgan fingerprint density at radius 1 is 0.714 bits per heavy atom. The van der Waals surface area contributed by atoms with E-state index in [4.69, 9.17) is 25.7 Å². The summed E-state index contributed by atoms with van der Waals surface area (Å²) >= 11 is 0. The summed E-state index contributed by atoms with van der Waals surface area (Å²) in [6.07, 6.45) is 10.7. The van der Waals surface area contributed by atoms with Gasteiger partial charge in [0.05, 0.1) is 18.8 Å². The molecule has 1 fully saturated rings. The first-order valence-corrected chi connectivity index (χ1v) is 16.9. The number of carboxylic acids is 1. The molecule has 10 nitrogen and oxygen atoms in total. The van der Waals surface area contributed by atoms with Crippen LogP contribution in [0.5, 0.6) is 0 Å². The number of nitrogens with two attached hydrogens (primary N) is 2. The zero-order chi connectivity index (χ0) is 35.1. The molecule has 5 N–H and O–H groups in total. The Labute approximate surface area is 287 Å². The number of ether oxygens (including phenoxy) is 3. The quantitative estimate of drug-likeness (QED) is 0.0357. The molecule has 4 rings (SSSR count). The lowest BCUT2D eigenvalue weighted by Gasteiger charge is -2.28. The first-order valence-electron chi connectivity index (χ1n) is 16.9. The van der Waals surface area contributed by atoms with Crippen molar-refractivity contribution >= 4 is 41.3 Å². The minimum absolute atomic E-state index is 0.00246. The van der Waals surface area contributed by atoms with Crippen LogP contribution in [0.1, 0.15) is 84.8 Å². The molecule has 3 aromatic rings. The van der Waals surface area contributed by atoms with Gasteiger partial charge < -0.3 is 30.8 Å². The van der Waals surface area contributed by atoms with E-state index in [1.165, 1.54) is 12.5 Å². The summed E-state index contributed by atoms with van der Waals surface area (Å²) in [5.41, 5.74) is 13.3. The highest BCUT2D eigenvalue weighted by Crippen LogP contribution is 2.31. The summed E-state index contributed by atoms with van der Waals surface area (Å²) in [4.78, 5) is 50.7. The van der Waals surface area contributed by atoms with Crippen LogP contribution in [0.15, 0.2) is 78.9 Å². The van der Waals surface area contributed by atoms with E-state index in [0.717, 1.165) is 37.7 Å². The van der Waals surface area contributed by atoms with E-state index in [1.54, 1.807) is 78.9 Å². The molecule has 0 heterocycles. The van der Waals surface area contributed by atoms with Crippen LogP contribution in [0, 0.1) is 5.41 Å². The van der Waals surface area contributed by atoms with Crippen molar-refractivity contribution < 1.29 is 38.5 Å². The van der Waals surface area contributed by atoms with Gasteiger partial charge in [0.15, 0.2) is 5.41 Å². The fourth-order valence-electron chi connectivity index (χ4n) is 5.80. The van der Waals surface area contributed by atoms with Crippen LogP contribution in [-0.4, -0.2) is 48.3 Å². The number of aliphatic carboxylic acids is 1. The highest BCUT2D eigenvalue weighted by atomic mass is 16.5. The maximum Gasteiger partial charge on any atom is 0.338 e. The SMILES string of the molecule is Nc1ccc(CC(Cc2ccc(N)cc2)(C(=O)O)C(=O)OCCCCCCOC(=O)c2ccc(/C=C/C(=O)OC3CCCCC3)cc2)cc1. The second kappa shape index (κ2) is 18.4. The van der Waals surface area contributed by atoms with E-state index in [1.807, 2.05) is 0 Å². The largest absolute Gasteiger partial charge is 0.480 e. The van der Waals surface area contributed by atoms with Crippen LogP contribution >= 0.6 is 0 Å². The first-order chi connectivity index (χ1) is 23.6. The third-order valence-corrected chi connectivity index (χ3v) is 8.67. The van der Waals surface area contributed by atoms with E-state index in [9.17, 15) is 24.3 Å². The van der Waals surface area contributed by atoms with Gasteiger partial charge in [0.1, 0.15) is 6.10 Å². The minimum Gasteiger partial charge on any atom is -0.480 e. The minimum atomic E-state index is -1.84. The van der Waals surface area contributed by atoms with Gasteiger partial charge >= 0.3 is 23.9 Å². The molecule has 10 heteroatoms. The van der Waals surface area contributed by atoms with Crippen LogP contribution < -0.4 is 11.5 Å². The molecule has 0 saturated heterocycles. The smallest absolute Gasteiger partial charge is 0.338 e. The fraction of sp³-hybridized carbons (Fsp3) is 0.385. The van der Waals surface area contributed by atoms with Crippen molar-refractivity contribution in [1.82, 2.24) is 0 Å². The molecule has 0 radical (unpaired) electrons. The summed E-state index contributed by atoms with van der Waals surface area (Å²) in [7, 11) is 0. The van der Waals surface area contributed by atoms with Gasteiger partial charge in [0.2, 0.25) is 0 Å². The van der Waals surface area contributed by atoms with E-state index < -0.39 is 23.3 Å². The van der Waals surface area contributed by atoms with E-state index in [2.05, 4.69) is 0 Å². The lowest BCUT2D eigenvalue weighted by molar-refractivity contribution is -0.169. The maximum atomic E-state index is 13.4. The molecule has 49 heavy (non-hydrogen) atoms. The van der Waals surface area contributed by atoms with Crippen LogP contribution in [0.4, 0.5) is 11.4 Å². The Hall–Kier alpha value is -5.12. The van der Waals surface area contributed by atoms with Gasteiger partial charge in [-0.2, -0.15) is 0 Å². The van der Waals surface area contributed by atoms with Gasteiger partial charge in [-0.1, -0.05) is 42.8 Å². The Morgan fingerprint density at radius 2 is 1.24 bits per heavy atom. The van der Waals surface area contributed by atoms with E-state index >= 15 is 0 Å². The molecule has 0 aliphatic heterocycles. The van der Waals surface area contributed by atoms with Crippen LogP contribution in [0.3, 0.4) is 0 Å². The predicted molar refractivity (Wildman–Crippen MR) is 187 cm³/mol. The number of carbonyl (C=O) groups is 4. The monoisotopic (exact) mass is 670 g/mol. The number of esters is 3. The van der Waals surface area contributed by atoms with Crippen molar-refractivity contribution in [3.8, 4) is 0 Å². The number of hydrogen-bond acceptors (Lipinski definition) is 9. The van der Waals surface area contributed by atoms with Gasteiger partial charge in [-0.3, -0.25) is 9.59 Å². The molecule has 0 atom stereocenters. The van der Waals surface area contributed by atoms with Crippen LogP contribution in [0.2, 0.25) is 0 Å². The van der Waals surface area contributed by atoms with Crippen molar-refractivity contribution in [1.29, 1.82) is 0 Å². The average molecular weight is 671 g/mol. The topological polar surface area (TPSA) is 168 Å². The number of anilines is 2. The zero-order valence-electron chi connectivity index (χ0n) is 27.8. The molecule has 1 saturated carbocycles. The lowest BCUT2D eigenvalue weighted by Crippen LogP contribution is -2.44. The highest BCUT2D eigenvalue weighted by molar-refractivity contribution is 6.00. The number of hydrogen-bond donors (Lipinski definition) is 3. The van der Waals surface area contributed by atoms with Crippen LogP contribution in [-0.2, 0) is 41.4 Å². The van der Waals surface area contributed by atoms with Crippen molar-refractivity contribution in [3.05, 3.63) is 101 Å². The van der Waals surface area contributed by atoms with Gasteiger partial charge in [-0.25, -0.2) is 9.59 Å². The molecule has 260 valence electrons. The molecule has 0 unspecified atom stereocenters. The predicted octanol–water partition coefficient (Wildman–Crippen LogP) is 6.56. The first kappa shape index (κ1) is 36.7. The van der Waals surface area contributed by atoms with Gasteiger partial charge in [-0.15, -0.1) is 0 Å². The summed E-state index contributed by atoms with van der Waals surface area (Å²) in [5, 5.41) is 10.3. The molecular formula is C39H46N2O8. The molecule has 0 aromatic heterocycles. The van der Waals surface area contributed by atoms with Gasteiger partial charge in [0.25, 0.3) is 0 Å². The third-order valence-electron chi connectivity index (χ3n) is 8.67. The summed E-state index contributed by atoms with van der Waals surface area (Å²) < 4.78 is 16.4. The molecule has 0 spiro atoms. The number of unbranched alkanes of at least 4 members (excludes halogenated alkanes) is 3. The average Bonchev–Trinajstić information content (AvgIpc) is 3.10. The number of nitrogen functional groups attached to an aromatic ring is 2. The maximum absolute atomic E-state index is 13.4. The van der Waals surface area contributed by atoms with E-state index in [0.29, 0.717) is 47.3 Å². The van der Waals surface area contributed by atoms with Crippen LogP contribution in [0.25, 0.3) is 6.08 Å². The molecule has 3 aromatic carbocycles. The van der Waals surface area contributed by atoms with Gasteiger partial charge in [-0.05, 0) is 123 Å². The lowest BCUT2D eigenvalue weighted by atomic mass is 9.76. The number of benzene rings is 3. The Bertz CT molecular complexity index is 1510. The molecule has 0 bridgehead atoms. The van der Waals surface area contributed by atoms with Crippen molar-refractivity contribution in [2.45, 2.75) is 76.7 Å². The summed E-state index contributed by atoms with van der Waals surface area (Å²) in [6.45, 7) is 0.300. The number of carboxylic acid groups (broad SMARTS) is 1. The van der Waals surface area contributed by atoms with E-state index in [-0.39, 0.29) is 38.1 Å². The number of carbonyl (C=O) groups excluding carboxylic acids is 3. The zero-order valence-corrected chi connectivity index (χ0v) is 27.8. The molecule has 1 aliphatic carbocycles. The molecule has 0 amide bonds. The Kier molecular flexibility index (Phi) is 13.8. The Morgan fingerprint density at radius 3 is 1.78 bits per heavy atom. The normalized spacial score (nSPS) is 13.6. The second-order valence-corrected chi connectivity index (χ2v) is 12.6. The highest BCUT2D eigenvalue weighted by Gasteiger charge is 2.48. The fourth-order valence-corrected chi connectivity index (χ4v) is 5.80. The van der Waals surface area contributed by atoms with Crippen molar-refractivity contribution in [3.63, 3.8) is 0 Å². The molecular weight excluding hydrogens is 624 g/mol. The molecule has 1 aliphatic rings. The van der Waals surface area contributed by atoms with Crippen molar-refractivity contribution in [2.75, 3.05) is 24.7 Å². The van der Waals surface area contributed by atoms with Crippen molar-refractivity contribution in [2.24, 2.45) is 5.41 Å². The van der Waals surface area contributed by atoms with Gasteiger partial charge in [0, 0.05) is 17.5 Å². The standard InChI is InChI=1S/C39H46N2O8/c40-32-19-12-29(13-20-32)26-39(37(44)45,27-30-14-21-33(41)22-15-30)38(46)48-25-7-2-1-6-24-47-36(43)31-17-10-28(11-18-31)16-23-35(42)49-34-8-4-3-5-9-34/h10-23,34H,1-9,24-27,40-41H2,(H,44,45)/b23-16+. The number of rotatable bonds is 17. The summed E-state index contributed by atoms with van der Waals surface area (Å²) in [6, 6.07) is 20.3. The summed E-state index contributed by atoms with van der Waals surface area (Å²) in [5.74, 6) is -2.86. The third kappa shape index (κ3) is 11.5. The second-order valence-electron chi connectivity index (χ2n) is 12.6. The Balaban J connectivity index is 1.18.